The third-order valence-electron chi connectivity index (χ3n) is 4.92. The lowest BCUT2D eigenvalue weighted by Crippen LogP contribution is -2.47. The van der Waals surface area contributed by atoms with Crippen molar-refractivity contribution in [2.45, 2.75) is 25.4 Å². The zero-order chi connectivity index (χ0) is 17.7. The highest BCUT2D eigenvalue weighted by molar-refractivity contribution is 5.90. The third-order valence-corrected chi connectivity index (χ3v) is 4.92. The Labute approximate surface area is 150 Å². The second-order valence-corrected chi connectivity index (χ2v) is 6.73. The Bertz CT molecular complexity index is 670. The number of para-hydroxylation sites is 1. The number of carbonyl (C=O) groups is 1. The maximum atomic E-state index is 12.3. The van der Waals surface area contributed by atoms with Crippen LogP contribution in [0.3, 0.4) is 0 Å². The molecule has 0 N–H and O–H groups in total. The first kappa shape index (κ1) is 17.5. The van der Waals surface area contributed by atoms with Crippen molar-refractivity contribution in [1.29, 1.82) is 0 Å². The smallest absolute Gasteiger partial charge is 0.415 e. The van der Waals surface area contributed by atoms with Crippen LogP contribution >= 0.6 is 0 Å². The minimum absolute atomic E-state index is 0.221. The lowest BCUT2D eigenvalue weighted by Gasteiger charge is -2.37. The first-order valence-corrected chi connectivity index (χ1v) is 8.88. The van der Waals surface area contributed by atoms with Crippen molar-refractivity contribution in [1.82, 2.24) is 4.90 Å². The topological polar surface area (TPSA) is 32.8 Å². The van der Waals surface area contributed by atoms with E-state index in [4.69, 9.17) is 4.74 Å². The molecule has 0 aliphatic carbocycles. The number of nitrogens with zero attached hydrogens (tertiary/aromatic N) is 2. The number of allylic oxidation sites excluding steroid dienone is 3. The van der Waals surface area contributed by atoms with Crippen LogP contribution in [0.15, 0.2) is 66.8 Å². The fraction of sp³-hybridized carbons (Fsp3) is 0.381. The van der Waals surface area contributed by atoms with Crippen molar-refractivity contribution in [2.75, 3.05) is 31.1 Å². The molecule has 4 heteroatoms. The summed E-state index contributed by atoms with van der Waals surface area (Å²) in [5, 5.41) is 0. The van der Waals surface area contributed by atoms with Crippen LogP contribution in [-0.4, -0.2) is 42.8 Å². The van der Waals surface area contributed by atoms with Crippen LogP contribution < -0.4 is 4.90 Å². The van der Waals surface area contributed by atoms with Gasteiger partial charge in [-0.15, -0.1) is 0 Å². The number of amides is 1. The predicted molar refractivity (Wildman–Crippen MR) is 102 cm³/mol. The molecule has 1 amide bonds. The molecule has 0 atom stereocenters. The molecule has 0 radical (unpaired) electrons. The minimum atomic E-state index is -0.341. The van der Waals surface area contributed by atoms with Crippen LogP contribution in [0.4, 0.5) is 10.5 Å². The van der Waals surface area contributed by atoms with E-state index in [1.54, 1.807) is 4.90 Å². The van der Waals surface area contributed by atoms with Gasteiger partial charge < -0.3 is 4.74 Å². The Morgan fingerprint density at radius 2 is 2.00 bits per heavy atom. The molecular formula is C21H26N2O2. The highest BCUT2D eigenvalue weighted by Crippen LogP contribution is 2.35. The molecule has 1 spiro atoms. The molecule has 4 nitrogen and oxygen atoms in total. The average molecular weight is 338 g/mol. The van der Waals surface area contributed by atoms with Gasteiger partial charge in [-0.1, -0.05) is 49.1 Å². The molecule has 0 unspecified atom stereocenters. The minimum Gasteiger partial charge on any atom is -0.441 e. The number of piperidine rings is 1. The first-order valence-electron chi connectivity index (χ1n) is 8.88. The molecular weight excluding hydrogens is 312 g/mol. The van der Waals surface area contributed by atoms with Gasteiger partial charge in [-0.3, -0.25) is 9.80 Å². The van der Waals surface area contributed by atoms with Crippen molar-refractivity contribution in [2.24, 2.45) is 0 Å². The quantitative estimate of drug-likeness (QED) is 0.756. The average Bonchev–Trinajstić information content (AvgIpc) is 2.95. The van der Waals surface area contributed by atoms with Gasteiger partial charge in [-0.05, 0) is 24.6 Å². The monoisotopic (exact) mass is 338 g/mol. The summed E-state index contributed by atoms with van der Waals surface area (Å²) in [7, 11) is 0. The maximum Gasteiger partial charge on any atom is 0.415 e. The summed E-state index contributed by atoms with van der Waals surface area (Å²) in [5.74, 6) is 0. The lowest BCUT2D eigenvalue weighted by atomic mass is 9.91. The first-order chi connectivity index (χ1) is 12.2. The summed E-state index contributed by atoms with van der Waals surface area (Å²) >= 11 is 0. The normalized spacial score (nSPS) is 21.1. The largest absolute Gasteiger partial charge is 0.441 e. The van der Waals surface area contributed by atoms with Gasteiger partial charge >= 0.3 is 6.09 Å². The SMILES string of the molecule is C=C/C=C(\C=C/C)CN1CCC2(CC1)CN(c1ccccc1)C(=O)O2. The van der Waals surface area contributed by atoms with E-state index in [-0.39, 0.29) is 11.7 Å². The Kier molecular flexibility index (Phi) is 5.39. The van der Waals surface area contributed by atoms with Gasteiger partial charge in [0.1, 0.15) is 5.60 Å². The van der Waals surface area contributed by atoms with E-state index in [2.05, 4.69) is 29.7 Å². The summed E-state index contributed by atoms with van der Waals surface area (Å²) in [5.41, 5.74) is 1.82. The second kappa shape index (κ2) is 7.70. The fourth-order valence-electron chi connectivity index (χ4n) is 3.59. The lowest BCUT2D eigenvalue weighted by molar-refractivity contribution is 0.00320. The molecule has 2 aliphatic heterocycles. The van der Waals surface area contributed by atoms with Gasteiger partial charge in [0, 0.05) is 38.2 Å². The number of anilines is 1. The van der Waals surface area contributed by atoms with Gasteiger partial charge in [0.25, 0.3) is 0 Å². The van der Waals surface area contributed by atoms with E-state index in [0.29, 0.717) is 6.54 Å². The molecule has 0 bridgehead atoms. The Morgan fingerprint density at radius 3 is 2.64 bits per heavy atom. The van der Waals surface area contributed by atoms with E-state index >= 15 is 0 Å². The Morgan fingerprint density at radius 1 is 1.28 bits per heavy atom. The molecule has 0 saturated carbocycles. The number of hydrogen-bond donors (Lipinski definition) is 0. The van der Waals surface area contributed by atoms with Gasteiger partial charge in [0.2, 0.25) is 0 Å². The predicted octanol–water partition coefficient (Wildman–Crippen LogP) is 4.17. The Balaban J connectivity index is 1.61. The van der Waals surface area contributed by atoms with E-state index in [0.717, 1.165) is 38.2 Å². The second-order valence-electron chi connectivity index (χ2n) is 6.73. The van der Waals surface area contributed by atoms with Crippen molar-refractivity contribution < 1.29 is 9.53 Å². The summed E-state index contributed by atoms with van der Waals surface area (Å²) in [6.07, 6.45) is 9.59. The van der Waals surface area contributed by atoms with Crippen LogP contribution in [-0.2, 0) is 4.74 Å². The van der Waals surface area contributed by atoms with Crippen molar-refractivity contribution in [3.05, 3.63) is 66.8 Å². The third kappa shape index (κ3) is 4.02. The maximum absolute atomic E-state index is 12.3. The van der Waals surface area contributed by atoms with Gasteiger partial charge in [-0.25, -0.2) is 4.79 Å². The molecule has 25 heavy (non-hydrogen) atoms. The van der Waals surface area contributed by atoms with Crippen LogP contribution in [0.25, 0.3) is 0 Å². The fourth-order valence-corrected chi connectivity index (χ4v) is 3.59. The number of benzene rings is 1. The number of rotatable bonds is 5. The van der Waals surface area contributed by atoms with Crippen LogP contribution in [0.5, 0.6) is 0 Å². The molecule has 2 fully saturated rings. The number of likely N-dealkylation sites (tertiary alicyclic amines) is 1. The molecule has 132 valence electrons. The van der Waals surface area contributed by atoms with E-state index < -0.39 is 0 Å². The van der Waals surface area contributed by atoms with Crippen LogP contribution in [0.2, 0.25) is 0 Å². The van der Waals surface area contributed by atoms with Crippen LogP contribution in [0, 0.1) is 0 Å². The summed E-state index contributed by atoms with van der Waals surface area (Å²) in [6.45, 7) is 9.23. The number of hydrogen-bond acceptors (Lipinski definition) is 3. The van der Waals surface area contributed by atoms with E-state index in [1.165, 1.54) is 5.57 Å². The van der Waals surface area contributed by atoms with E-state index in [9.17, 15) is 4.79 Å². The van der Waals surface area contributed by atoms with Gasteiger partial charge in [0.15, 0.2) is 0 Å². The zero-order valence-electron chi connectivity index (χ0n) is 14.9. The molecule has 1 aromatic carbocycles. The highest BCUT2D eigenvalue weighted by atomic mass is 16.6. The van der Waals surface area contributed by atoms with Gasteiger partial charge in [0.05, 0.1) is 6.54 Å². The van der Waals surface area contributed by atoms with Crippen LogP contribution in [0.1, 0.15) is 19.8 Å². The highest BCUT2D eigenvalue weighted by Gasteiger charge is 2.47. The number of carbonyl (C=O) groups excluding carboxylic acids is 1. The van der Waals surface area contributed by atoms with Crippen molar-refractivity contribution >= 4 is 11.8 Å². The molecule has 2 saturated heterocycles. The zero-order valence-corrected chi connectivity index (χ0v) is 14.9. The summed E-state index contributed by atoms with van der Waals surface area (Å²) < 4.78 is 5.82. The van der Waals surface area contributed by atoms with Crippen molar-refractivity contribution in [3.63, 3.8) is 0 Å². The molecule has 2 aliphatic rings. The molecule has 0 aromatic heterocycles. The van der Waals surface area contributed by atoms with Crippen molar-refractivity contribution in [3.8, 4) is 0 Å². The molecule has 3 rings (SSSR count). The summed E-state index contributed by atoms with van der Waals surface area (Å²) in [4.78, 5) is 16.5. The number of ether oxygens (including phenoxy) is 1. The molecule has 1 aromatic rings. The molecule has 2 heterocycles. The van der Waals surface area contributed by atoms with Gasteiger partial charge in [-0.2, -0.15) is 0 Å². The Hall–Kier alpha value is -2.33. The standard InChI is InChI=1S/C21H26N2O2/c1-3-8-18(9-4-2)16-22-14-12-21(13-15-22)17-23(20(24)25-21)19-10-6-5-7-11-19/h3-11H,1,12-17H2,2H3/b9-4-,18-8+. The summed E-state index contributed by atoms with van der Waals surface area (Å²) in [6, 6.07) is 9.77. The van der Waals surface area contributed by atoms with E-state index in [1.807, 2.05) is 43.3 Å².